The Bertz CT molecular complexity index is 1250. The predicted molar refractivity (Wildman–Crippen MR) is 110 cm³/mol. The summed E-state index contributed by atoms with van der Waals surface area (Å²) in [6.45, 7) is 0. The number of ether oxygens (including phenoxy) is 1. The van der Waals surface area contributed by atoms with Crippen LogP contribution in [0.4, 0.5) is 11.6 Å². The Labute approximate surface area is 183 Å². The van der Waals surface area contributed by atoms with E-state index in [-0.39, 0.29) is 28.5 Å². The molecule has 0 saturated carbocycles. The minimum atomic E-state index is -0.885. The molecule has 0 unspecified atom stereocenters. The van der Waals surface area contributed by atoms with Crippen molar-refractivity contribution < 1.29 is 19.2 Å². The minimum Gasteiger partial charge on any atom is -0.464 e. The summed E-state index contributed by atoms with van der Waals surface area (Å²) in [7, 11) is 1.18. The van der Waals surface area contributed by atoms with Crippen LogP contribution in [0.1, 0.15) is 22.0 Å². The molecule has 1 N–H and O–H groups in total. The number of rotatable bonds is 5. The maximum Gasteiger partial charge on any atom is 0.355 e. The largest absolute Gasteiger partial charge is 0.464 e. The van der Waals surface area contributed by atoms with Gasteiger partial charge in [0.1, 0.15) is 11.7 Å². The molecule has 0 spiro atoms. The molecule has 0 radical (unpaired) electrons. The number of nitro benzene ring substituents is 1. The van der Waals surface area contributed by atoms with Gasteiger partial charge in [-0.3, -0.25) is 14.9 Å². The maximum atomic E-state index is 13.6. The van der Waals surface area contributed by atoms with E-state index in [9.17, 15) is 19.7 Å². The van der Waals surface area contributed by atoms with Crippen molar-refractivity contribution in [2.75, 3.05) is 12.4 Å². The molecule has 1 aromatic heterocycles. The van der Waals surface area contributed by atoms with Crippen molar-refractivity contribution in [1.29, 1.82) is 0 Å². The number of methoxy groups -OCH3 is 1. The Kier molecular flexibility index (Phi) is 5.29. The van der Waals surface area contributed by atoms with Crippen molar-refractivity contribution >= 4 is 39.3 Å². The Balaban J connectivity index is 1.96. The van der Waals surface area contributed by atoms with Crippen molar-refractivity contribution in [3.05, 3.63) is 85.5 Å². The number of halogens is 1. The molecule has 2 aromatic carbocycles. The lowest BCUT2D eigenvalue weighted by atomic mass is 9.89. The molecule has 1 atom stereocenters. The number of carbonyl (C=O) groups excluding carboxylic acids is 2. The number of fused-ring (bicyclic) bond motifs is 1. The van der Waals surface area contributed by atoms with Crippen LogP contribution >= 0.6 is 15.9 Å². The lowest BCUT2D eigenvalue weighted by molar-refractivity contribution is -0.384. The van der Waals surface area contributed by atoms with Crippen molar-refractivity contribution in [1.82, 2.24) is 20.2 Å². The van der Waals surface area contributed by atoms with Crippen LogP contribution in [0.15, 0.2) is 64.3 Å². The van der Waals surface area contributed by atoms with Crippen LogP contribution in [-0.4, -0.2) is 44.0 Å². The number of benzene rings is 2. The molecule has 156 valence electrons. The SMILES string of the molecule is COC(=O)C1=C(C(=O)c2cccc([N+](=O)[O-])c2)[C@@H](c2cccc(Br)c2)n2nnnc2N1. The van der Waals surface area contributed by atoms with Gasteiger partial charge in [0.2, 0.25) is 5.95 Å². The monoisotopic (exact) mass is 484 g/mol. The van der Waals surface area contributed by atoms with Crippen molar-refractivity contribution in [3.63, 3.8) is 0 Å². The number of carbonyl (C=O) groups is 2. The van der Waals surface area contributed by atoms with E-state index in [1.54, 1.807) is 24.3 Å². The van der Waals surface area contributed by atoms with Crippen molar-refractivity contribution in [2.24, 2.45) is 0 Å². The van der Waals surface area contributed by atoms with E-state index in [4.69, 9.17) is 4.74 Å². The van der Waals surface area contributed by atoms with Crippen molar-refractivity contribution in [2.45, 2.75) is 6.04 Å². The first kappa shape index (κ1) is 20.3. The van der Waals surface area contributed by atoms with Crippen LogP contribution in [0.2, 0.25) is 0 Å². The molecule has 3 aromatic rings. The van der Waals surface area contributed by atoms with Crippen LogP contribution in [0, 0.1) is 10.1 Å². The van der Waals surface area contributed by atoms with E-state index in [0.717, 1.165) is 10.5 Å². The molecule has 31 heavy (non-hydrogen) atoms. The summed E-state index contributed by atoms with van der Waals surface area (Å²) < 4.78 is 6.96. The van der Waals surface area contributed by atoms with Gasteiger partial charge in [0, 0.05) is 22.2 Å². The fourth-order valence-corrected chi connectivity index (χ4v) is 3.71. The minimum absolute atomic E-state index is 0.00903. The first-order chi connectivity index (χ1) is 14.9. The van der Waals surface area contributed by atoms with Crippen LogP contribution < -0.4 is 5.32 Å². The standard InChI is InChI=1S/C19H13BrN6O5/c1-31-18(28)15-14(17(27)11-5-3-7-13(9-11)26(29)30)16(10-4-2-6-12(20)8-10)25-19(21-15)22-23-24-25/h2-9,16H,1H3,(H,21,22,24)/t16-/m1/s1. The number of non-ortho nitro benzene ring substituents is 1. The van der Waals surface area contributed by atoms with E-state index in [1.165, 1.54) is 30.0 Å². The highest BCUT2D eigenvalue weighted by Crippen LogP contribution is 2.37. The summed E-state index contributed by atoms with van der Waals surface area (Å²) >= 11 is 3.40. The average molecular weight is 485 g/mol. The second kappa shape index (κ2) is 8.07. The zero-order chi connectivity index (χ0) is 22.1. The van der Waals surface area contributed by atoms with Crippen LogP contribution in [0.3, 0.4) is 0 Å². The number of tetrazole rings is 1. The Morgan fingerprint density at radius 2 is 2.00 bits per heavy atom. The second-order valence-corrected chi connectivity index (χ2v) is 7.36. The van der Waals surface area contributed by atoms with Gasteiger partial charge in [-0.25, -0.2) is 4.79 Å². The number of allylic oxidation sites excluding steroid dienone is 1. The Morgan fingerprint density at radius 1 is 1.23 bits per heavy atom. The summed E-state index contributed by atoms with van der Waals surface area (Å²) in [4.78, 5) is 36.7. The number of anilines is 1. The van der Waals surface area contributed by atoms with Gasteiger partial charge in [0.25, 0.3) is 5.69 Å². The molecule has 0 fully saturated rings. The van der Waals surface area contributed by atoms with Gasteiger partial charge < -0.3 is 10.1 Å². The van der Waals surface area contributed by atoms with Gasteiger partial charge in [0.05, 0.1) is 17.6 Å². The van der Waals surface area contributed by atoms with Crippen molar-refractivity contribution in [3.8, 4) is 0 Å². The summed E-state index contributed by atoms with van der Waals surface area (Å²) in [5.74, 6) is -1.27. The van der Waals surface area contributed by atoms with Gasteiger partial charge in [-0.05, 0) is 28.1 Å². The molecule has 2 heterocycles. The fraction of sp³-hybridized carbons (Fsp3) is 0.105. The first-order valence-electron chi connectivity index (χ1n) is 8.82. The third kappa shape index (κ3) is 3.68. The molecule has 0 bridgehead atoms. The maximum absolute atomic E-state index is 13.6. The van der Waals surface area contributed by atoms with E-state index < -0.39 is 22.7 Å². The Hall–Kier alpha value is -3.93. The summed E-state index contributed by atoms with van der Waals surface area (Å²) in [6, 6.07) is 11.5. The molecule has 11 nitrogen and oxygen atoms in total. The van der Waals surface area contributed by atoms with E-state index >= 15 is 0 Å². The number of hydrogen-bond acceptors (Lipinski definition) is 9. The van der Waals surface area contributed by atoms with Gasteiger partial charge in [-0.2, -0.15) is 4.68 Å². The normalized spacial score (nSPS) is 15.1. The zero-order valence-electron chi connectivity index (χ0n) is 15.9. The fourth-order valence-electron chi connectivity index (χ4n) is 3.29. The molecule has 0 amide bonds. The highest BCUT2D eigenvalue weighted by molar-refractivity contribution is 9.10. The summed E-state index contributed by atoms with van der Waals surface area (Å²) in [5.41, 5.74) is 0.233. The second-order valence-electron chi connectivity index (χ2n) is 6.45. The van der Waals surface area contributed by atoms with E-state index in [0.29, 0.717) is 5.56 Å². The predicted octanol–water partition coefficient (Wildman–Crippen LogP) is 2.67. The summed E-state index contributed by atoms with van der Waals surface area (Å²) in [5, 5.41) is 25.4. The number of hydrogen-bond donors (Lipinski definition) is 1. The third-order valence-corrected chi connectivity index (χ3v) is 5.13. The number of esters is 1. The van der Waals surface area contributed by atoms with E-state index in [1.807, 2.05) is 0 Å². The van der Waals surface area contributed by atoms with Gasteiger partial charge in [-0.15, -0.1) is 0 Å². The number of nitrogens with one attached hydrogen (secondary N) is 1. The van der Waals surface area contributed by atoms with Crippen LogP contribution in [0.5, 0.6) is 0 Å². The first-order valence-corrected chi connectivity index (χ1v) is 9.62. The summed E-state index contributed by atoms with van der Waals surface area (Å²) in [6.07, 6.45) is 0. The topological polar surface area (TPSA) is 142 Å². The molecule has 12 heteroatoms. The highest BCUT2D eigenvalue weighted by Gasteiger charge is 2.38. The third-order valence-electron chi connectivity index (χ3n) is 4.63. The van der Waals surface area contributed by atoms with E-state index in [2.05, 4.69) is 36.8 Å². The molecular weight excluding hydrogens is 472 g/mol. The number of nitro groups is 1. The quantitative estimate of drug-likeness (QED) is 0.250. The molecule has 1 aliphatic heterocycles. The van der Waals surface area contributed by atoms with Gasteiger partial charge in [0.15, 0.2) is 5.78 Å². The number of nitrogens with zero attached hydrogens (tertiary/aromatic N) is 5. The zero-order valence-corrected chi connectivity index (χ0v) is 17.4. The van der Waals surface area contributed by atoms with Crippen LogP contribution in [-0.2, 0) is 9.53 Å². The average Bonchev–Trinajstić information content (AvgIpc) is 3.25. The van der Waals surface area contributed by atoms with Gasteiger partial charge >= 0.3 is 5.97 Å². The highest BCUT2D eigenvalue weighted by atomic mass is 79.9. The molecule has 1 aliphatic rings. The molecular formula is C19H13BrN6O5. The number of aromatic nitrogens is 4. The smallest absolute Gasteiger partial charge is 0.355 e. The lowest BCUT2D eigenvalue weighted by Crippen LogP contribution is -2.33. The van der Waals surface area contributed by atoms with Gasteiger partial charge in [-0.1, -0.05) is 45.3 Å². The number of ketones is 1. The molecule has 0 aliphatic carbocycles. The molecule has 4 rings (SSSR count). The van der Waals surface area contributed by atoms with Crippen LogP contribution in [0.25, 0.3) is 0 Å². The lowest BCUT2D eigenvalue weighted by Gasteiger charge is -2.28. The Morgan fingerprint density at radius 3 is 2.71 bits per heavy atom. The number of Topliss-reactive ketones (excluding diaryl/α,β-unsaturated/α-hetero) is 1. The molecule has 0 saturated heterocycles.